The summed E-state index contributed by atoms with van der Waals surface area (Å²) in [5.41, 5.74) is 8.61. The summed E-state index contributed by atoms with van der Waals surface area (Å²) in [4.78, 5) is 0. The topological polar surface area (TPSA) is 3.88 Å². The molecule has 4 aromatic rings. The van der Waals surface area contributed by atoms with E-state index < -0.39 is 6.28 Å². The molecule has 33 heavy (non-hydrogen) atoms. The second-order valence-electron chi connectivity index (χ2n) is 9.66. The Bertz CT molecular complexity index is 1230. The van der Waals surface area contributed by atoms with Crippen LogP contribution in [0.1, 0.15) is 43.4 Å². The quantitative estimate of drug-likeness (QED) is 0.372. The van der Waals surface area contributed by atoms with E-state index in [4.69, 9.17) is 0 Å². The standard InChI is InChI=1S/C31H30BN/c1-5-15-25(16-6-1)30-29-23-13-14-24-33(29)32(27-19-9-3-10-20-27,28-21-11-4-12-22-28)31(30)26-17-7-2-8-18-26/h2-4,7-14,17-25H,1,5-6,15-16H2. The fourth-order valence-corrected chi connectivity index (χ4v) is 6.67. The molecule has 2 heteroatoms. The van der Waals surface area contributed by atoms with Gasteiger partial charge >= 0.3 is 6.28 Å². The van der Waals surface area contributed by atoms with Crippen LogP contribution in [-0.2, 0) is 0 Å². The smallest absolute Gasteiger partial charge is 0.361 e. The van der Waals surface area contributed by atoms with E-state index in [-0.39, 0.29) is 0 Å². The number of allylic oxidation sites excluding steroid dienone is 1. The van der Waals surface area contributed by atoms with Crippen molar-refractivity contribution >= 4 is 28.3 Å². The minimum atomic E-state index is -1.35. The Morgan fingerprint density at radius 1 is 0.576 bits per heavy atom. The minimum absolute atomic E-state index is 0.610. The lowest BCUT2D eigenvalue weighted by Crippen LogP contribution is -2.78. The van der Waals surface area contributed by atoms with E-state index in [1.807, 2.05) is 0 Å². The number of nitrogens with zero attached hydrogens (tertiary/aromatic N) is 1. The molecule has 162 valence electrons. The van der Waals surface area contributed by atoms with Gasteiger partial charge in [0.05, 0.1) is 0 Å². The van der Waals surface area contributed by atoms with Crippen molar-refractivity contribution < 1.29 is 4.48 Å². The van der Waals surface area contributed by atoms with Crippen LogP contribution in [0.2, 0.25) is 0 Å². The molecule has 6 rings (SSSR count). The largest absolute Gasteiger partial charge is 0.408 e. The molecule has 0 radical (unpaired) electrons. The summed E-state index contributed by atoms with van der Waals surface area (Å²) in [6.07, 6.45) is 7.58. The second kappa shape index (κ2) is 8.52. The van der Waals surface area contributed by atoms with Crippen molar-refractivity contribution in [3.05, 3.63) is 127 Å². The summed E-state index contributed by atoms with van der Waals surface area (Å²) in [6, 6.07) is 40.4. The first-order valence-corrected chi connectivity index (χ1v) is 12.5. The molecule has 0 atom stereocenters. The first-order valence-electron chi connectivity index (χ1n) is 12.5. The number of fused-ring (bicyclic) bond motifs is 1. The van der Waals surface area contributed by atoms with Gasteiger partial charge < -0.3 is 4.48 Å². The first-order chi connectivity index (χ1) is 16.4. The molecule has 0 spiro atoms. The summed E-state index contributed by atoms with van der Waals surface area (Å²) in [5.74, 6) is 0.610. The van der Waals surface area contributed by atoms with E-state index in [0.29, 0.717) is 5.92 Å². The average Bonchev–Trinajstić information content (AvgIpc) is 3.23. The maximum absolute atomic E-state index is 2.62. The van der Waals surface area contributed by atoms with Gasteiger partial charge in [-0.15, -0.1) is 16.4 Å². The molecule has 1 aliphatic heterocycles. The normalized spacial score (nSPS) is 17.7. The fourth-order valence-electron chi connectivity index (χ4n) is 6.67. The van der Waals surface area contributed by atoms with Gasteiger partial charge in [-0.1, -0.05) is 122 Å². The van der Waals surface area contributed by atoms with E-state index in [2.05, 4.69) is 120 Å². The molecule has 1 aromatic heterocycles. The zero-order chi connectivity index (χ0) is 22.1. The number of rotatable bonds is 4. The Balaban J connectivity index is 1.78. The highest BCUT2D eigenvalue weighted by atomic mass is 14.9. The van der Waals surface area contributed by atoms with Crippen molar-refractivity contribution in [3.63, 3.8) is 0 Å². The van der Waals surface area contributed by atoms with Crippen molar-refractivity contribution in [1.82, 2.24) is 0 Å². The third-order valence-corrected chi connectivity index (χ3v) is 7.95. The molecule has 1 nitrogen and oxygen atoms in total. The van der Waals surface area contributed by atoms with Gasteiger partial charge in [0.2, 0.25) is 0 Å². The lowest BCUT2D eigenvalue weighted by atomic mass is 9.23. The summed E-state index contributed by atoms with van der Waals surface area (Å²) in [5, 5.41) is 0. The molecular weight excluding hydrogens is 397 g/mol. The Hall–Kier alpha value is -3.39. The number of benzene rings is 3. The van der Waals surface area contributed by atoms with Crippen LogP contribution in [0.4, 0.5) is 0 Å². The van der Waals surface area contributed by atoms with Crippen LogP contribution in [0, 0.1) is 5.92 Å². The first kappa shape index (κ1) is 20.2. The Morgan fingerprint density at radius 3 is 1.73 bits per heavy atom. The molecular formula is C31H30BN. The molecule has 1 saturated carbocycles. The molecule has 0 bridgehead atoms. The van der Waals surface area contributed by atoms with Crippen molar-refractivity contribution in [2.75, 3.05) is 0 Å². The maximum atomic E-state index is 2.62. The highest BCUT2D eigenvalue weighted by molar-refractivity contribution is 7.10. The second-order valence-corrected chi connectivity index (χ2v) is 9.66. The van der Waals surface area contributed by atoms with Crippen molar-refractivity contribution in [3.8, 4) is 0 Å². The van der Waals surface area contributed by atoms with E-state index in [0.717, 1.165) is 0 Å². The van der Waals surface area contributed by atoms with E-state index in [1.165, 1.54) is 59.8 Å². The van der Waals surface area contributed by atoms with E-state index in [1.54, 1.807) is 5.57 Å². The third kappa shape index (κ3) is 3.20. The van der Waals surface area contributed by atoms with Gasteiger partial charge in [-0.2, -0.15) is 0 Å². The monoisotopic (exact) mass is 427 g/mol. The number of aromatic nitrogens is 1. The third-order valence-electron chi connectivity index (χ3n) is 7.95. The highest BCUT2D eigenvalue weighted by Crippen LogP contribution is 2.45. The van der Waals surface area contributed by atoms with Gasteiger partial charge in [0.15, 0.2) is 5.69 Å². The lowest BCUT2D eigenvalue weighted by molar-refractivity contribution is -0.539. The number of pyridine rings is 1. The van der Waals surface area contributed by atoms with Crippen LogP contribution >= 0.6 is 0 Å². The zero-order valence-electron chi connectivity index (χ0n) is 19.1. The molecule has 0 unspecified atom stereocenters. The van der Waals surface area contributed by atoms with Gasteiger partial charge in [-0.05, 0) is 30.4 Å². The van der Waals surface area contributed by atoms with Gasteiger partial charge in [0, 0.05) is 6.07 Å². The summed E-state index contributed by atoms with van der Waals surface area (Å²) in [7, 11) is 0. The van der Waals surface area contributed by atoms with Crippen LogP contribution in [0.5, 0.6) is 0 Å². The molecule has 3 aromatic carbocycles. The molecule has 2 heterocycles. The van der Waals surface area contributed by atoms with Gasteiger partial charge in [-0.25, -0.2) is 0 Å². The summed E-state index contributed by atoms with van der Waals surface area (Å²) >= 11 is 0. The summed E-state index contributed by atoms with van der Waals surface area (Å²) in [6.45, 7) is 0. The van der Waals surface area contributed by atoms with Crippen LogP contribution in [0.15, 0.2) is 115 Å². The highest BCUT2D eigenvalue weighted by Gasteiger charge is 2.52. The molecule has 0 N–H and O–H groups in total. The summed E-state index contributed by atoms with van der Waals surface area (Å²) < 4.78 is 2.62. The van der Waals surface area contributed by atoms with Crippen LogP contribution < -0.4 is 15.4 Å². The molecule has 0 saturated heterocycles. The maximum Gasteiger partial charge on any atom is 0.361 e. The predicted molar refractivity (Wildman–Crippen MR) is 140 cm³/mol. The van der Waals surface area contributed by atoms with Gasteiger partial charge in [0.25, 0.3) is 0 Å². The van der Waals surface area contributed by atoms with Crippen molar-refractivity contribution in [2.24, 2.45) is 5.92 Å². The number of hydrogen-bond acceptors (Lipinski definition) is 0. The number of hydrogen-bond donors (Lipinski definition) is 0. The lowest BCUT2D eigenvalue weighted by Gasteiger charge is -2.36. The molecule has 1 fully saturated rings. The van der Waals surface area contributed by atoms with E-state index >= 15 is 0 Å². The molecule has 1 aliphatic carbocycles. The van der Waals surface area contributed by atoms with Gasteiger partial charge in [0.1, 0.15) is 6.20 Å². The average molecular weight is 427 g/mol. The zero-order valence-corrected chi connectivity index (χ0v) is 19.1. The van der Waals surface area contributed by atoms with Crippen LogP contribution in [0.3, 0.4) is 0 Å². The predicted octanol–water partition coefficient (Wildman–Crippen LogP) is 5.63. The fraction of sp³-hybridized carbons (Fsp3) is 0.194. The Morgan fingerprint density at radius 2 is 1.12 bits per heavy atom. The minimum Gasteiger partial charge on any atom is -0.408 e. The van der Waals surface area contributed by atoms with Crippen LogP contribution in [0.25, 0.3) is 11.0 Å². The van der Waals surface area contributed by atoms with Crippen molar-refractivity contribution in [2.45, 2.75) is 32.1 Å². The van der Waals surface area contributed by atoms with Crippen molar-refractivity contribution in [1.29, 1.82) is 0 Å². The van der Waals surface area contributed by atoms with Gasteiger partial charge in [-0.3, -0.25) is 0 Å². The SMILES string of the molecule is c1ccc(C2=C(C3CCCCC3)c3cccc[n+]3[B-]2(c2ccccc2)c2ccccc2)cc1. The molecule has 0 amide bonds. The molecule has 2 aliphatic rings. The Labute approximate surface area is 197 Å². The van der Waals surface area contributed by atoms with Crippen LogP contribution in [-0.4, -0.2) is 6.28 Å². The van der Waals surface area contributed by atoms with E-state index in [9.17, 15) is 0 Å². The Kier molecular flexibility index (Phi) is 5.22.